The summed E-state index contributed by atoms with van der Waals surface area (Å²) in [6.45, 7) is 1.74. The van der Waals surface area contributed by atoms with Crippen LogP contribution < -0.4 is 11.1 Å². The molecule has 0 radical (unpaired) electrons. The monoisotopic (exact) mass is 336 g/mol. The molecule has 0 saturated carbocycles. The molecule has 0 aliphatic heterocycles. The number of furan rings is 1. The fourth-order valence-electron chi connectivity index (χ4n) is 1.83. The number of carbonyl (C=O) groups is 2. The van der Waals surface area contributed by atoms with Gasteiger partial charge in [-0.15, -0.1) is 0 Å². The van der Waals surface area contributed by atoms with Crippen molar-refractivity contribution in [3.8, 4) is 0 Å². The van der Waals surface area contributed by atoms with Gasteiger partial charge < -0.3 is 15.5 Å². The minimum absolute atomic E-state index is 0.152. The second kappa shape index (κ2) is 5.92. The Kier molecular flexibility index (Phi) is 4.24. The Labute approximate surface area is 124 Å². The van der Waals surface area contributed by atoms with E-state index in [0.717, 1.165) is 0 Å². The van der Waals surface area contributed by atoms with Gasteiger partial charge in [-0.05, 0) is 34.5 Å². The Morgan fingerprint density at radius 3 is 2.45 bits per heavy atom. The third-order valence-electron chi connectivity index (χ3n) is 2.79. The second-order valence-electron chi connectivity index (χ2n) is 4.28. The lowest BCUT2D eigenvalue weighted by atomic mass is 10.1. The Hall–Kier alpha value is -2.08. The fraction of sp³-hybridized carbons (Fsp3) is 0.143. The number of hydrogen-bond donors (Lipinski definition) is 2. The van der Waals surface area contributed by atoms with Crippen molar-refractivity contribution in [3.05, 3.63) is 58.0 Å². The highest BCUT2D eigenvalue weighted by Crippen LogP contribution is 2.20. The van der Waals surface area contributed by atoms with Crippen LogP contribution in [0.4, 0.5) is 0 Å². The van der Waals surface area contributed by atoms with Gasteiger partial charge in [-0.2, -0.15) is 0 Å². The van der Waals surface area contributed by atoms with Crippen LogP contribution in [-0.2, 0) is 4.79 Å². The van der Waals surface area contributed by atoms with Crippen LogP contribution in [0.2, 0.25) is 0 Å². The first-order valence-corrected chi connectivity index (χ1v) is 6.69. The predicted molar refractivity (Wildman–Crippen MR) is 77.0 cm³/mol. The summed E-state index contributed by atoms with van der Waals surface area (Å²) in [6.07, 6.45) is 0. The molecule has 0 fully saturated rings. The quantitative estimate of drug-likeness (QED) is 0.898. The molecule has 2 aromatic rings. The maximum absolute atomic E-state index is 12.1. The zero-order valence-corrected chi connectivity index (χ0v) is 12.3. The molecule has 1 aromatic heterocycles. The molecular weight excluding hydrogens is 324 g/mol. The van der Waals surface area contributed by atoms with E-state index in [4.69, 9.17) is 10.2 Å². The zero-order chi connectivity index (χ0) is 14.7. The van der Waals surface area contributed by atoms with Gasteiger partial charge in [-0.1, -0.05) is 30.3 Å². The van der Waals surface area contributed by atoms with Crippen molar-refractivity contribution in [1.29, 1.82) is 0 Å². The number of amides is 2. The summed E-state index contributed by atoms with van der Waals surface area (Å²) in [6, 6.07) is 9.58. The largest absolute Gasteiger partial charge is 0.444 e. The number of hydrogen-bond acceptors (Lipinski definition) is 3. The molecule has 0 aliphatic rings. The molecule has 20 heavy (non-hydrogen) atoms. The third-order valence-corrected chi connectivity index (χ3v) is 3.18. The van der Waals surface area contributed by atoms with Crippen molar-refractivity contribution in [1.82, 2.24) is 5.32 Å². The Bertz CT molecular complexity index is 637. The van der Waals surface area contributed by atoms with E-state index in [2.05, 4.69) is 21.2 Å². The standard InChI is InChI=1S/C14H13BrN2O3/c1-8-7-10(15)20-12(8)14(19)17-11(13(16)18)9-5-3-2-4-6-9/h2-7,11H,1H3,(H2,16,18)(H,17,19)/t11-/m1/s1. The number of rotatable bonds is 4. The molecule has 0 aliphatic carbocycles. The number of carbonyl (C=O) groups excluding carboxylic acids is 2. The zero-order valence-electron chi connectivity index (χ0n) is 10.7. The summed E-state index contributed by atoms with van der Waals surface area (Å²) in [5.74, 6) is -0.965. The molecule has 1 aromatic carbocycles. The predicted octanol–water partition coefficient (Wildman–Crippen LogP) is 2.31. The first kappa shape index (κ1) is 14.3. The molecule has 0 saturated heterocycles. The number of benzene rings is 1. The van der Waals surface area contributed by atoms with Gasteiger partial charge in [-0.3, -0.25) is 9.59 Å². The SMILES string of the molecule is Cc1cc(Br)oc1C(=O)N[C@@H](C(N)=O)c1ccccc1. The minimum atomic E-state index is -0.896. The highest BCUT2D eigenvalue weighted by molar-refractivity contribution is 9.10. The molecule has 1 heterocycles. The molecule has 2 rings (SSSR count). The van der Waals surface area contributed by atoms with E-state index in [-0.39, 0.29) is 5.76 Å². The van der Waals surface area contributed by atoms with Crippen LogP contribution in [0, 0.1) is 6.92 Å². The van der Waals surface area contributed by atoms with E-state index in [1.54, 1.807) is 37.3 Å². The van der Waals surface area contributed by atoms with E-state index in [0.29, 0.717) is 15.8 Å². The van der Waals surface area contributed by atoms with Crippen LogP contribution in [-0.4, -0.2) is 11.8 Å². The third kappa shape index (κ3) is 3.08. The molecule has 6 heteroatoms. The average molecular weight is 337 g/mol. The molecular formula is C14H13BrN2O3. The number of nitrogens with two attached hydrogens (primary N) is 1. The van der Waals surface area contributed by atoms with Crippen molar-refractivity contribution in [2.45, 2.75) is 13.0 Å². The van der Waals surface area contributed by atoms with Crippen LogP contribution >= 0.6 is 15.9 Å². The van der Waals surface area contributed by atoms with Crippen LogP contribution in [0.5, 0.6) is 0 Å². The molecule has 1 atom stereocenters. The first-order chi connectivity index (χ1) is 9.49. The first-order valence-electron chi connectivity index (χ1n) is 5.90. The lowest BCUT2D eigenvalue weighted by Crippen LogP contribution is -2.37. The van der Waals surface area contributed by atoms with Crippen molar-refractivity contribution >= 4 is 27.7 Å². The Morgan fingerprint density at radius 2 is 1.95 bits per heavy atom. The van der Waals surface area contributed by atoms with Gasteiger partial charge in [-0.25, -0.2) is 0 Å². The van der Waals surface area contributed by atoms with Gasteiger partial charge >= 0.3 is 0 Å². The molecule has 0 spiro atoms. The van der Waals surface area contributed by atoms with E-state index in [1.807, 2.05) is 6.07 Å². The lowest BCUT2D eigenvalue weighted by molar-refractivity contribution is -0.120. The van der Waals surface area contributed by atoms with E-state index >= 15 is 0 Å². The van der Waals surface area contributed by atoms with Crippen molar-refractivity contribution in [2.24, 2.45) is 5.73 Å². The van der Waals surface area contributed by atoms with Gasteiger partial charge in [0, 0.05) is 5.56 Å². The van der Waals surface area contributed by atoms with Crippen molar-refractivity contribution in [3.63, 3.8) is 0 Å². The average Bonchev–Trinajstić information content (AvgIpc) is 2.75. The van der Waals surface area contributed by atoms with Crippen LogP contribution in [0.3, 0.4) is 0 Å². The van der Waals surface area contributed by atoms with Gasteiger partial charge in [0.25, 0.3) is 5.91 Å². The van der Waals surface area contributed by atoms with Crippen LogP contribution in [0.25, 0.3) is 0 Å². The number of nitrogens with one attached hydrogen (secondary N) is 1. The van der Waals surface area contributed by atoms with Gasteiger partial charge in [0.1, 0.15) is 6.04 Å². The fourth-order valence-corrected chi connectivity index (χ4v) is 2.33. The van der Waals surface area contributed by atoms with E-state index in [9.17, 15) is 9.59 Å². The number of halogens is 1. The molecule has 5 nitrogen and oxygen atoms in total. The summed E-state index contributed by atoms with van der Waals surface area (Å²) < 4.78 is 5.70. The Balaban J connectivity index is 2.23. The van der Waals surface area contributed by atoms with Crippen LogP contribution in [0.15, 0.2) is 45.5 Å². The summed E-state index contributed by atoms with van der Waals surface area (Å²) in [4.78, 5) is 23.7. The topological polar surface area (TPSA) is 85.3 Å². The summed E-state index contributed by atoms with van der Waals surface area (Å²) in [5.41, 5.74) is 6.64. The summed E-state index contributed by atoms with van der Waals surface area (Å²) in [7, 11) is 0. The summed E-state index contributed by atoms with van der Waals surface area (Å²) >= 11 is 3.15. The molecule has 0 bridgehead atoms. The van der Waals surface area contributed by atoms with Crippen LogP contribution in [0.1, 0.15) is 27.7 Å². The highest BCUT2D eigenvalue weighted by Gasteiger charge is 2.23. The van der Waals surface area contributed by atoms with Crippen molar-refractivity contribution < 1.29 is 14.0 Å². The van der Waals surface area contributed by atoms with Crippen molar-refractivity contribution in [2.75, 3.05) is 0 Å². The number of aryl methyl sites for hydroxylation is 1. The maximum Gasteiger partial charge on any atom is 0.288 e. The van der Waals surface area contributed by atoms with Gasteiger partial charge in [0.2, 0.25) is 5.91 Å². The van der Waals surface area contributed by atoms with E-state index < -0.39 is 17.9 Å². The molecule has 0 unspecified atom stereocenters. The smallest absolute Gasteiger partial charge is 0.288 e. The van der Waals surface area contributed by atoms with E-state index in [1.165, 1.54) is 0 Å². The summed E-state index contributed by atoms with van der Waals surface area (Å²) in [5, 5.41) is 2.58. The molecule has 104 valence electrons. The molecule has 2 amide bonds. The maximum atomic E-state index is 12.1. The molecule has 3 N–H and O–H groups in total. The lowest BCUT2D eigenvalue weighted by Gasteiger charge is -2.15. The minimum Gasteiger partial charge on any atom is -0.444 e. The number of primary amides is 1. The van der Waals surface area contributed by atoms with Gasteiger partial charge in [0.05, 0.1) is 0 Å². The second-order valence-corrected chi connectivity index (χ2v) is 5.06. The van der Waals surface area contributed by atoms with Gasteiger partial charge in [0.15, 0.2) is 10.4 Å². The Morgan fingerprint density at radius 1 is 1.30 bits per heavy atom. The highest BCUT2D eigenvalue weighted by atomic mass is 79.9. The normalized spacial score (nSPS) is 11.9.